The lowest BCUT2D eigenvalue weighted by molar-refractivity contribution is -0.142. The molecule has 0 aromatic heterocycles. The minimum absolute atomic E-state index is 0.135. The maximum atomic E-state index is 13.1. The Bertz CT molecular complexity index is 878. The number of carbonyl (C=O) groups excluding carboxylic acids is 2. The Morgan fingerprint density at radius 2 is 1.42 bits per heavy atom. The van der Waals surface area contributed by atoms with Crippen LogP contribution in [-0.2, 0) is 27.2 Å². The molecule has 0 aliphatic rings. The van der Waals surface area contributed by atoms with E-state index in [-0.39, 0.29) is 12.8 Å². The Morgan fingerprint density at radius 1 is 0.935 bits per heavy atom. The molecule has 2 aromatic rings. The fourth-order valence-corrected chi connectivity index (χ4v) is 3.02. The molecular formula is C24H30N2O5. The summed E-state index contributed by atoms with van der Waals surface area (Å²) in [5.41, 5.74) is 0.902. The number of carboxylic acid groups (broad SMARTS) is 1. The average Bonchev–Trinajstić information content (AvgIpc) is 2.71. The molecule has 0 bridgehead atoms. The van der Waals surface area contributed by atoms with Crippen LogP contribution in [0.3, 0.4) is 0 Å². The van der Waals surface area contributed by atoms with Crippen LogP contribution in [0, 0.1) is 0 Å². The molecule has 0 heterocycles. The van der Waals surface area contributed by atoms with Crippen LogP contribution in [0.5, 0.6) is 0 Å². The van der Waals surface area contributed by atoms with E-state index in [0.717, 1.165) is 11.1 Å². The molecule has 2 rings (SSSR count). The van der Waals surface area contributed by atoms with E-state index < -0.39 is 35.7 Å². The van der Waals surface area contributed by atoms with Crippen LogP contribution in [-0.4, -0.2) is 52.7 Å². The molecule has 0 radical (unpaired) electrons. The van der Waals surface area contributed by atoms with Gasteiger partial charge in [-0.2, -0.15) is 0 Å². The predicted molar refractivity (Wildman–Crippen MR) is 118 cm³/mol. The zero-order chi connectivity index (χ0) is 23.0. The molecule has 166 valence electrons. The topological polar surface area (TPSA) is 95.9 Å². The number of rotatable bonds is 8. The molecule has 2 N–H and O–H groups in total. The summed E-state index contributed by atoms with van der Waals surface area (Å²) in [4.78, 5) is 38.8. The van der Waals surface area contributed by atoms with E-state index in [2.05, 4.69) is 5.32 Å². The van der Waals surface area contributed by atoms with Gasteiger partial charge < -0.3 is 15.2 Å². The third-order valence-electron chi connectivity index (χ3n) is 4.62. The van der Waals surface area contributed by atoms with E-state index >= 15 is 0 Å². The van der Waals surface area contributed by atoms with Gasteiger partial charge in [0.05, 0.1) is 0 Å². The molecule has 2 atom stereocenters. The summed E-state index contributed by atoms with van der Waals surface area (Å²) < 4.78 is 5.41. The zero-order valence-corrected chi connectivity index (χ0v) is 18.4. The molecular weight excluding hydrogens is 396 g/mol. The lowest BCUT2D eigenvalue weighted by Crippen LogP contribution is -2.54. The van der Waals surface area contributed by atoms with E-state index in [0.29, 0.717) is 0 Å². The standard InChI is InChI=1S/C24H30N2O5/c1-24(2,3)31-23(30)26(4)20(16-18-13-9-6-10-14-18)21(27)25-19(22(28)29)15-17-11-7-5-8-12-17/h5-14,19-20H,15-16H2,1-4H3,(H,25,27)(H,28,29)/t19-,20?/m0/s1. The molecule has 0 fully saturated rings. The third-order valence-corrected chi connectivity index (χ3v) is 4.62. The second kappa shape index (κ2) is 10.6. The maximum Gasteiger partial charge on any atom is 0.410 e. The minimum Gasteiger partial charge on any atom is -0.480 e. The van der Waals surface area contributed by atoms with Crippen molar-refractivity contribution in [3.8, 4) is 0 Å². The molecule has 7 heteroatoms. The monoisotopic (exact) mass is 426 g/mol. The van der Waals surface area contributed by atoms with Crippen molar-refractivity contribution in [3.63, 3.8) is 0 Å². The summed E-state index contributed by atoms with van der Waals surface area (Å²) in [5, 5.41) is 12.2. The fourth-order valence-electron chi connectivity index (χ4n) is 3.02. The number of ether oxygens (including phenoxy) is 1. The van der Waals surface area contributed by atoms with Gasteiger partial charge >= 0.3 is 12.1 Å². The van der Waals surface area contributed by atoms with Crippen molar-refractivity contribution < 1.29 is 24.2 Å². The molecule has 0 spiro atoms. The van der Waals surface area contributed by atoms with Gasteiger partial charge in [-0.05, 0) is 31.9 Å². The summed E-state index contributed by atoms with van der Waals surface area (Å²) >= 11 is 0. The highest BCUT2D eigenvalue weighted by molar-refractivity contribution is 5.89. The van der Waals surface area contributed by atoms with Gasteiger partial charge in [-0.1, -0.05) is 60.7 Å². The van der Waals surface area contributed by atoms with Gasteiger partial charge in [0.2, 0.25) is 5.91 Å². The van der Waals surface area contributed by atoms with Crippen molar-refractivity contribution in [1.29, 1.82) is 0 Å². The van der Waals surface area contributed by atoms with Gasteiger partial charge in [-0.3, -0.25) is 9.69 Å². The van der Waals surface area contributed by atoms with Crippen LogP contribution in [0.25, 0.3) is 0 Å². The number of nitrogens with one attached hydrogen (secondary N) is 1. The van der Waals surface area contributed by atoms with Crippen LogP contribution >= 0.6 is 0 Å². The SMILES string of the molecule is CN(C(=O)OC(C)(C)C)C(Cc1ccccc1)C(=O)N[C@@H](Cc1ccccc1)C(=O)O. The summed E-state index contributed by atoms with van der Waals surface area (Å²) in [5.74, 6) is -1.70. The number of aliphatic carboxylic acids is 1. The van der Waals surface area contributed by atoms with E-state index in [9.17, 15) is 19.5 Å². The first kappa shape index (κ1) is 23.9. The molecule has 31 heavy (non-hydrogen) atoms. The maximum absolute atomic E-state index is 13.1. The second-order valence-electron chi connectivity index (χ2n) is 8.39. The highest BCUT2D eigenvalue weighted by atomic mass is 16.6. The fraction of sp³-hybridized carbons (Fsp3) is 0.375. The van der Waals surface area contributed by atoms with Gasteiger partial charge in [-0.25, -0.2) is 9.59 Å². The van der Waals surface area contributed by atoms with Crippen molar-refractivity contribution in [2.45, 2.75) is 51.3 Å². The van der Waals surface area contributed by atoms with Gasteiger partial charge in [0.15, 0.2) is 0 Å². The number of carbonyl (C=O) groups is 3. The largest absolute Gasteiger partial charge is 0.480 e. The van der Waals surface area contributed by atoms with E-state index in [4.69, 9.17) is 4.74 Å². The number of amides is 2. The average molecular weight is 427 g/mol. The summed E-state index contributed by atoms with van der Waals surface area (Å²) in [6.07, 6.45) is -0.297. The molecule has 0 saturated heterocycles. The number of likely N-dealkylation sites (N-methyl/N-ethyl adjacent to an activating group) is 1. The smallest absolute Gasteiger partial charge is 0.410 e. The van der Waals surface area contributed by atoms with Gasteiger partial charge in [0.1, 0.15) is 17.7 Å². The normalized spacial score (nSPS) is 13.0. The van der Waals surface area contributed by atoms with Crippen LogP contribution in [0.15, 0.2) is 60.7 Å². The van der Waals surface area contributed by atoms with Crippen LogP contribution in [0.1, 0.15) is 31.9 Å². The highest BCUT2D eigenvalue weighted by Gasteiger charge is 2.32. The van der Waals surface area contributed by atoms with Crippen molar-refractivity contribution >= 4 is 18.0 Å². The van der Waals surface area contributed by atoms with Crippen LogP contribution < -0.4 is 5.32 Å². The lowest BCUT2D eigenvalue weighted by atomic mass is 10.0. The predicted octanol–water partition coefficient (Wildman–Crippen LogP) is 3.28. The Hall–Kier alpha value is -3.35. The second-order valence-corrected chi connectivity index (χ2v) is 8.39. The van der Waals surface area contributed by atoms with Gasteiger partial charge in [0, 0.05) is 19.9 Å². The molecule has 0 aliphatic heterocycles. The highest BCUT2D eigenvalue weighted by Crippen LogP contribution is 2.15. The molecule has 1 unspecified atom stereocenters. The van der Waals surface area contributed by atoms with Crippen molar-refractivity contribution in [2.75, 3.05) is 7.05 Å². The number of benzene rings is 2. The van der Waals surface area contributed by atoms with Gasteiger partial charge in [-0.15, -0.1) is 0 Å². The molecule has 2 amide bonds. The third kappa shape index (κ3) is 7.77. The summed E-state index contributed by atoms with van der Waals surface area (Å²) in [7, 11) is 1.48. The first-order chi connectivity index (χ1) is 14.6. The van der Waals surface area contributed by atoms with Gasteiger partial charge in [0.25, 0.3) is 0 Å². The Morgan fingerprint density at radius 3 is 1.87 bits per heavy atom. The first-order valence-corrected chi connectivity index (χ1v) is 10.1. The Labute approximate surface area is 183 Å². The van der Waals surface area contributed by atoms with Crippen molar-refractivity contribution in [3.05, 3.63) is 71.8 Å². The quantitative estimate of drug-likeness (QED) is 0.675. The van der Waals surface area contributed by atoms with E-state index in [1.165, 1.54) is 11.9 Å². The van der Waals surface area contributed by atoms with E-state index in [1.807, 2.05) is 48.5 Å². The van der Waals surface area contributed by atoms with Crippen molar-refractivity contribution in [2.24, 2.45) is 0 Å². The van der Waals surface area contributed by atoms with Crippen LogP contribution in [0.2, 0.25) is 0 Å². The number of nitrogens with zero attached hydrogens (tertiary/aromatic N) is 1. The number of carboxylic acids is 1. The zero-order valence-electron chi connectivity index (χ0n) is 18.4. The summed E-state index contributed by atoms with van der Waals surface area (Å²) in [6.45, 7) is 5.22. The van der Waals surface area contributed by atoms with Crippen LogP contribution in [0.4, 0.5) is 4.79 Å². The number of hydrogen-bond acceptors (Lipinski definition) is 4. The molecule has 7 nitrogen and oxygen atoms in total. The lowest BCUT2D eigenvalue weighted by Gasteiger charge is -2.31. The van der Waals surface area contributed by atoms with E-state index in [1.54, 1.807) is 32.9 Å². The minimum atomic E-state index is -1.14. The molecule has 2 aromatic carbocycles. The number of hydrogen-bond donors (Lipinski definition) is 2. The molecule has 0 saturated carbocycles. The summed E-state index contributed by atoms with van der Waals surface area (Å²) in [6, 6.07) is 16.2. The van der Waals surface area contributed by atoms with Crippen molar-refractivity contribution in [1.82, 2.24) is 10.2 Å². The Kier molecular flexibility index (Phi) is 8.19. The Balaban J connectivity index is 2.22. The first-order valence-electron chi connectivity index (χ1n) is 10.1. The molecule has 0 aliphatic carbocycles.